The van der Waals surface area contributed by atoms with Crippen molar-refractivity contribution in [1.29, 1.82) is 0 Å². The van der Waals surface area contributed by atoms with Gasteiger partial charge in [0.05, 0.1) is 11.4 Å². The van der Waals surface area contributed by atoms with Gasteiger partial charge in [0.15, 0.2) is 0 Å². The Morgan fingerprint density at radius 1 is 0.773 bits per heavy atom. The third kappa shape index (κ3) is 2.14. The molecule has 4 aromatic rings. The van der Waals surface area contributed by atoms with Crippen LogP contribution in [0.4, 0.5) is 0 Å². The minimum Gasteiger partial charge on any atom is -0.299 e. The lowest BCUT2D eigenvalue weighted by Gasteiger charge is -2.07. The van der Waals surface area contributed by atoms with Crippen molar-refractivity contribution in [3.63, 3.8) is 0 Å². The second-order valence-electron chi connectivity index (χ2n) is 5.08. The van der Waals surface area contributed by atoms with Gasteiger partial charge >= 0.3 is 0 Å². The van der Waals surface area contributed by atoms with Crippen molar-refractivity contribution in [3.8, 4) is 22.5 Å². The van der Waals surface area contributed by atoms with Gasteiger partial charge in [0.25, 0.3) is 0 Å². The Hall–Kier alpha value is -2.39. The van der Waals surface area contributed by atoms with E-state index in [1.54, 1.807) is 0 Å². The molecule has 106 valence electrons. The molecule has 0 aliphatic carbocycles. The predicted molar refractivity (Wildman–Crippen MR) is 93.8 cm³/mol. The van der Waals surface area contributed by atoms with E-state index >= 15 is 0 Å². The summed E-state index contributed by atoms with van der Waals surface area (Å²) >= 11 is 3.67. The largest absolute Gasteiger partial charge is 0.299 e. The van der Waals surface area contributed by atoms with Crippen molar-refractivity contribution in [2.24, 2.45) is 0 Å². The van der Waals surface area contributed by atoms with E-state index in [0.29, 0.717) is 0 Å². The highest BCUT2D eigenvalue weighted by Gasteiger charge is 2.16. The summed E-state index contributed by atoms with van der Waals surface area (Å²) in [6.45, 7) is 0. The summed E-state index contributed by atoms with van der Waals surface area (Å²) in [6.07, 6.45) is 2.06. The summed E-state index contributed by atoms with van der Waals surface area (Å²) in [5.74, 6) is 0. The second kappa shape index (κ2) is 5.43. The highest BCUT2D eigenvalue weighted by molar-refractivity contribution is 9.10. The van der Waals surface area contributed by atoms with Gasteiger partial charge in [-0.25, -0.2) is 4.98 Å². The molecule has 22 heavy (non-hydrogen) atoms. The molecule has 0 unspecified atom stereocenters. The van der Waals surface area contributed by atoms with Crippen molar-refractivity contribution in [3.05, 3.63) is 83.5 Å². The van der Waals surface area contributed by atoms with Gasteiger partial charge in [-0.2, -0.15) is 0 Å². The van der Waals surface area contributed by atoms with E-state index in [1.807, 2.05) is 42.5 Å². The normalized spacial score (nSPS) is 11.0. The van der Waals surface area contributed by atoms with Gasteiger partial charge in [0.1, 0.15) is 5.65 Å². The number of imidazole rings is 1. The third-order valence-electron chi connectivity index (χ3n) is 3.71. The molecule has 4 rings (SSSR count). The molecule has 0 saturated heterocycles. The first-order valence-electron chi connectivity index (χ1n) is 7.12. The van der Waals surface area contributed by atoms with Crippen LogP contribution >= 0.6 is 15.9 Å². The van der Waals surface area contributed by atoms with E-state index in [1.165, 1.54) is 0 Å². The average molecular weight is 349 g/mol. The quantitative estimate of drug-likeness (QED) is 0.472. The van der Waals surface area contributed by atoms with E-state index in [9.17, 15) is 0 Å². The smallest absolute Gasteiger partial charge is 0.137 e. The number of hydrogen-bond acceptors (Lipinski definition) is 1. The van der Waals surface area contributed by atoms with Crippen LogP contribution in [0.25, 0.3) is 28.2 Å². The summed E-state index contributed by atoms with van der Waals surface area (Å²) in [6, 6.07) is 24.7. The van der Waals surface area contributed by atoms with E-state index in [4.69, 9.17) is 4.98 Å². The van der Waals surface area contributed by atoms with Gasteiger partial charge in [0, 0.05) is 21.8 Å². The lowest BCUT2D eigenvalue weighted by Crippen LogP contribution is -1.90. The van der Waals surface area contributed by atoms with Gasteiger partial charge in [-0.15, -0.1) is 0 Å². The molecule has 0 spiro atoms. The minimum atomic E-state index is 0.951. The molecule has 0 radical (unpaired) electrons. The maximum Gasteiger partial charge on any atom is 0.137 e. The first-order chi connectivity index (χ1) is 10.8. The van der Waals surface area contributed by atoms with Gasteiger partial charge in [0.2, 0.25) is 0 Å². The van der Waals surface area contributed by atoms with Crippen LogP contribution in [0.2, 0.25) is 0 Å². The van der Waals surface area contributed by atoms with Gasteiger partial charge in [-0.05, 0) is 18.2 Å². The zero-order valence-electron chi connectivity index (χ0n) is 11.8. The standard InChI is InChI=1S/C19H13BrN2/c20-16-11-5-4-10-15(16)19-18(14-8-2-1-3-9-14)21-17-12-6-7-13-22(17)19/h1-13H. The molecule has 0 N–H and O–H groups in total. The zero-order valence-corrected chi connectivity index (χ0v) is 13.4. The Kier molecular flexibility index (Phi) is 3.28. The maximum atomic E-state index is 4.84. The van der Waals surface area contributed by atoms with Crippen molar-refractivity contribution < 1.29 is 0 Å². The average Bonchev–Trinajstić information content (AvgIpc) is 2.95. The van der Waals surface area contributed by atoms with Crippen LogP contribution in [0, 0.1) is 0 Å². The Morgan fingerprint density at radius 3 is 2.32 bits per heavy atom. The first-order valence-corrected chi connectivity index (χ1v) is 7.91. The summed E-state index contributed by atoms with van der Waals surface area (Å²) in [5, 5.41) is 0. The molecule has 2 aromatic heterocycles. The topological polar surface area (TPSA) is 17.3 Å². The van der Waals surface area contributed by atoms with Crippen molar-refractivity contribution in [2.45, 2.75) is 0 Å². The second-order valence-corrected chi connectivity index (χ2v) is 5.94. The van der Waals surface area contributed by atoms with Crippen LogP contribution in [0.3, 0.4) is 0 Å². The predicted octanol–water partition coefficient (Wildman–Crippen LogP) is 5.43. The number of nitrogens with zero attached hydrogens (tertiary/aromatic N) is 2. The van der Waals surface area contributed by atoms with Crippen LogP contribution in [-0.2, 0) is 0 Å². The zero-order chi connectivity index (χ0) is 14.9. The van der Waals surface area contributed by atoms with E-state index in [2.05, 4.69) is 56.9 Å². The van der Waals surface area contributed by atoms with Crippen molar-refractivity contribution >= 4 is 21.6 Å². The maximum absolute atomic E-state index is 4.84. The van der Waals surface area contributed by atoms with Gasteiger partial charge < -0.3 is 0 Å². The first kappa shape index (κ1) is 13.3. The molecule has 0 saturated carbocycles. The molecule has 0 aliphatic rings. The Labute approximate surface area is 137 Å². The summed E-state index contributed by atoms with van der Waals surface area (Å²) in [7, 11) is 0. The van der Waals surface area contributed by atoms with Crippen LogP contribution in [0.1, 0.15) is 0 Å². The van der Waals surface area contributed by atoms with Crippen LogP contribution in [0.15, 0.2) is 83.5 Å². The van der Waals surface area contributed by atoms with Crippen molar-refractivity contribution in [1.82, 2.24) is 9.38 Å². The molecular formula is C19H13BrN2. The van der Waals surface area contributed by atoms with Crippen LogP contribution in [-0.4, -0.2) is 9.38 Å². The van der Waals surface area contributed by atoms with Crippen LogP contribution in [0.5, 0.6) is 0 Å². The minimum absolute atomic E-state index is 0.951. The number of halogens is 1. The number of fused-ring (bicyclic) bond motifs is 1. The SMILES string of the molecule is Brc1ccccc1-c1c(-c2ccccc2)nc2ccccn12. The number of rotatable bonds is 2. The summed E-state index contributed by atoms with van der Waals surface area (Å²) in [4.78, 5) is 4.84. The molecule has 2 aromatic carbocycles. The monoisotopic (exact) mass is 348 g/mol. The number of benzene rings is 2. The molecule has 3 heteroatoms. The lowest BCUT2D eigenvalue weighted by molar-refractivity contribution is 1.19. The fourth-order valence-corrected chi connectivity index (χ4v) is 3.18. The molecule has 2 nitrogen and oxygen atoms in total. The lowest BCUT2D eigenvalue weighted by atomic mass is 10.1. The molecular weight excluding hydrogens is 336 g/mol. The Morgan fingerprint density at radius 2 is 1.50 bits per heavy atom. The Bertz CT molecular complexity index is 942. The molecule has 0 atom stereocenters. The molecule has 0 fully saturated rings. The highest BCUT2D eigenvalue weighted by atomic mass is 79.9. The molecule has 0 aliphatic heterocycles. The van der Waals surface area contributed by atoms with Gasteiger partial charge in [-0.1, -0.05) is 70.5 Å². The van der Waals surface area contributed by atoms with Crippen molar-refractivity contribution in [2.75, 3.05) is 0 Å². The molecule has 0 amide bonds. The fourth-order valence-electron chi connectivity index (χ4n) is 2.70. The van der Waals surface area contributed by atoms with E-state index in [-0.39, 0.29) is 0 Å². The Balaban J connectivity index is 2.10. The van der Waals surface area contributed by atoms with E-state index < -0.39 is 0 Å². The highest BCUT2D eigenvalue weighted by Crippen LogP contribution is 2.36. The summed E-state index contributed by atoms with van der Waals surface area (Å²) < 4.78 is 3.21. The molecule has 2 heterocycles. The van der Waals surface area contributed by atoms with Gasteiger partial charge in [-0.3, -0.25) is 4.40 Å². The number of hydrogen-bond donors (Lipinski definition) is 0. The summed E-state index contributed by atoms with van der Waals surface area (Å²) in [5.41, 5.74) is 5.32. The van der Waals surface area contributed by atoms with E-state index in [0.717, 1.165) is 32.6 Å². The molecule has 0 bridgehead atoms. The number of aromatic nitrogens is 2. The van der Waals surface area contributed by atoms with Crippen LogP contribution < -0.4 is 0 Å². The number of pyridine rings is 1. The fraction of sp³-hybridized carbons (Fsp3) is 0. The third-order valence-corrected chi connectivity index (χ3v) is 4.40.